The number of nitrogens with one attached hydrogen (secondary N) is 1. The lowest BCUT2D eigenvalue weighted by atomic mass is 10.0. The molecule has 0 radical (unpaired) electrons. The van der Waals surface area contributed by atoms with Crippen molar-refractivity contribution in [2.45, 2.75) is 38.1 Å². The number of ether oxygens (including phenoxy) is 1. The van der Waals surface area contributed by atoms with Crippen molar-refractivity contribution in [3.8, 4) is 5.75 Å². The van der Waals surface area contributed by atoms with Gasteiger partial charge in [-0.3, -0.25) is 14.5 Å². The Morgan fingerprint density at radius 2 is 2.22 bits per heavy atom. The van der Waals surface area contributed by atoms with Gasteiger partial charge in [-0.2, -0.15) is 0 Å². The Morgan fingerprint density at radius 3 is 3.04 bits per heavy atom. The minimum absolute atomic E-state index is 0.0473. The molecule has 0 saturated carbocycles. The number of hydrogen-bond acceptors (Lipinski definition) is 4. The highest BCUT2D eigenvalue weighted by Gasteiger charge is 2.29. The first kappa shape index (κ1) is 15.8. The summed E-state index contributed by atoms with van der Waals surface area (Å²) >= 11 is 0. The highest BCUT2D eigenvalue weighted by atomic mass is 16.5. The molecular weight excluding hydrogens is 296 g/mol. The summed E-state index contributed by atoms with van der Waals surface area (Å²) in [5.74, 6) is 0.0195. The molecule has 2 aliphatic heterocycles. The van der Waals surface area contributed by atoms with Crippen molar-refractivity contribution >= 4 is 17.6 Å². The maximum absolute atomic E-state index is 12.6. The van der Waals surface area contributed by atoms with Gasteiger partial charge in [0.05, 0.1) is 19.1 Å². The number of nitrogens with zero attached hydrogens (tertiary/aromatic N) is 1. The summed E-state index contributed by atoms with van der Waals surface area (Å²) in [5.41, 5.74) is 1.90. The van der Waals surface area contributed by atoms with Gasteiger partial charge in [-0.05, 0) is 43.1 Å². The van der Waals surface area contributed by atoms with Crippen LogP contribution in [0.2, 0.25) is 0 Å². The number of carboxylic acids is 1. The van der Waals surface area contributed by atoms with E-state index in [1.165, 1.54) is 0 Å². The van der Waals surface area contributed by atoms with Gasteiger partial charge < -0.3 is 15.2 Å². The van der Waals surface area contributed by atoms with E-state index in [0.717, 1.165) is 49.2 Å². The minimum atomic E-state index is -0.826. The van der Waals surface area contributed by atoms with Crippen LogP contribution >= 0.6 is 0 Å². The summed E-state index contributed by atoms with van der Waals surface area (Å²) in [6.07, 6.45) is 3.73. The number of hydrogen-bond donors (Lipinski definition) is 2. The van der Waals surface area contributed by atoms with Crippen LogP contribution in [0.5, 0.6) is 5.75 Å². The molecule has 2 aliphatic rings. The van der Waals surface area contributed by atoms with Crippen molar-refractivity contribution in [1.29, 1.82) is 0 Å². The number of carboxylic acid groups (broad SMARTS) is 1. The second-order valence-corrected chi connectivity index (χ2v) is 6.10. The van der Waals surface area contributed by atoms with Crippen LogP contribution in [-0.2, 0) is 16.0 Å². The molecule has 3 rings (SSSR count). The van der Waals surface area contributed by atoms with E-state index in [4.69, 9.17) is 9.84 Å². The van der Waals surface area contributed by atoms with Crippen LogP contribution in [0, 0.1) is 0 Å². The van der Waals surface area contributed by atoms with Gasteiger partial charge >= 0.3 is 5.97 Å². The lowest BCUT2D eigenvalue weighted by molar-refractivity contribution is -0.138. The first-order chi connectivity index (χ1) is 11.1. The summed E-state index contributed by atoms with van der Waals surface area (Å²) in [5, 5.41) is 11.8. The molecule has 124 valence electrons. The maximum atomic E-state index is 12.6. The summed E-state index contributed by atoms with van der Waals surface area (Å²) in [6.45, 7) is 1.90. The molecular formula is C17H22N2O4. The summed E-state index contributed by atoms with van der Waals surface area (Å²) in [6, 6.07) is 5.46. The number of amides is 1. The van der Waals surface area contributed by atoms with E-state index in [0.29, 0.717) is 13.2 Å². The first-order valence-electron chi connectivity index (χ1n) is 8.16. The molecule has 1 saturated heterocycles. The fraction of sp³-hybridized carbons (Fsp3) is 0.529. The van der Waals surface area contributed by atoms with Crippen LogP contribution in [0.4, 0.5) is 5.69 Å². The molecule has 6 nitrogen and oxygen atoms in total. The number of anilines is 1. The Balaban J connectivity index is 1.64. The van der Waals surface area contributed by atoms with E-state index in [9.17, 15) is 9.59 Å². The smallest absolute Gasteiger partial charge is 0.304 e. The average Bonchev–Trinajstić information content (AvgIpc) is 3.00. The van der Waals surface area contributed by atoms with Crippen LogP contribution in [0.15, 0.2) is 18.2 Å². The molecule has 0 aromatic heterocycles. The third-order valence-electron chi connectivity index (χ3n) is 4.49. The van der Waals surface area contributed by atoms with Crippen LogP contribution < -0.4 is 10.1 Å². The molecule has 0 aliphatic carbocycles. The van der Waals surface area contributed by atoms with E-state index >= 15 is 0 Å². The van der Waals surface area contributed by atoms with Gasteiger partial charge in [-0.1, -0.05) is 6.42 Å². The molecule has 1 atom stereocenters. The predicted molar refractivity (Wildman–Crippen MR) is 85.7 cm³/mol. The van der Waals surface area contributed by atoms with Gasteiger partial charge in [-0.25, -0.2) is 0 Å². The maximum Gasteiger partial charge on any atom is 0.304 e. The van der Waals surface area contributed by atoms with Gasteiger partial charge in [0.15, 0.2) is 0 Å². The van der Waals surface area contributed by atoms with Gasteiger partial charge in [-0.15, -0.1) is 0 Å². The Kier molecular flexibility index (Phi) is 4.81. The number of carbonyl (C=O) groups is 2. The number of piperidine rings is 1. The number of carbonyl (C=O) groups excluding carboxylic acids is 1. The van der Waals surface area contributed by atoms with Gasteiger partial charge in [0.25, 0.3) is 0 Å². The zero-order valence-electron chi connectivity index (χ0n) is 13.1. The molecule has 6 heteroatoms. The van der Waals surface area contributed by atoms with Crippen molar-refractivity contribution in [2.24, 2.45) is 0 Å². The van der Waals surface area contributed by atoms with E-state index in [1.54, 1.807) is 0 Å². The zero-order valence-corrected chi connectivity index (χ0v) is 13.1. The van der Waals surface area contributed by atoms with Crippen molar-refractivity contribution in [3.63, 3.8) is 0 Å². The van der Waals surface area contributed by atoms with Crippen LogP contribution in [0.3, 0.4) is 0 Å². The quantitative estimate of drug-likeness (QED) is 0.867. The first-order valence-corrected chi connectivity index (χ1v) is 8.16. The largest absolute Gasteiger partial charge is 0.493 e. The summed E-state index contributed by atoms with van der Waals surface area (Å²) in [7, 11) is 0. The fourth-order valence-corrected chi connectivity index (χ4v) is 3.28. The summed E-state index contributed by atoms with van der Waals surface area (Å²) in [4.78, 5) is 25.4. The van der Waals surface area contributed by atoms with Crippen molar-refractivity contribution in [2.75, 3.05) is 25.0 Å². The lowest BCUT2D eigenvalue weighted by Gasteiger charge is -2.34. The second kappa shape index (κ2) is 7.00. The number of likely N-dealkylation sites (tertiary alicyclic amines) is 1. The lowest BCUT2D eigenvalue weighted by Crippen LogP contribution is -2.47. The molecule has 2 heterocycles. The van der Waals surface area contributed by atoms with E-state index in [-0.39, 0.29) is 18.4 Å². The number of benzene rings is 1. The van der Waals surface area contributed by atoms with Crippen LogP contribution in [0.1, 0.15) is 31.2 Å². The predicted octanol–water partition coefficient (Wildman–Crippen LogP) is 1.89. The average molecular weight is 318 g/mol. The highest BCUT2D eigenvalue weighted by Crippen LogP contribution is 2.28. The Morgan fingerprint density at radius 1 is 1.35 bits per heavy atom. The minimum Gasteiger partial charge on any atom is -0.493 e. The molecule has 0 spiro atoms. The number of rotatable bonds is 5. The van der Waals surface area contributed by atoms with Crippen molar-refractivity contribution < 1.29 is 19.4 Å². The van der Waals surface area contributed by atoms with E-state index in [2.05, 4.69) is 5.32 Å². The molecule has 2 N–H and O–H groups in total. The van der Waals surface area contributed by atoms with E-state index < -0.39 is 5.97 Å². The normalized spacial score (nSPS) is 20.6. The Labute approximate surface area is 135 Å². The van der Waals surface area contributed by atoms with Gasteiger partial charge in [0.1, 0.15) is 5.75 Å². The standard InChI is InChI=1S/C17H22N2O4/c20-16(21)6-9-19-8-2-1-3-14(19)17(22)18-13-4-5-15-12(11-13)7-10-23-15/h4-5,11,14H,1-3,6-10H2,(H,18,22)(H,20,21). The Bertz CT molecular complexity index is 602. The molecule has 1 aromatic rings. The Hall–Kier alpha value is -2.08. The highest BCUT2D eigenvalue weighted by molar-refractivity contribution is 5.95. The molecule has 23 heavy (non-hydrogen) atoms. The molecule has 0 bridgehead atoms. The zero-order chi connectivity index (χ0) is 16.2. The van der Waals surface area contributed by atoms with E-state index in [1.807, 2.05) is 23.1 Å². The van der Waals surface area contributed by atoms with Gasteiger partial charge in [0.2, 0.25) is 5.91 Å². The molecule has 1 unspecified atom stereocenters. The van der Waals surface area contributed by atoms with Crippen LogP contribution in [-0.4, -0.2) is 47.6 Å². The molecule has 1 fully saturated rings. The molecule has 1 aromatic carbocycles. The van der Waals surface area contributed by atoms with Crippen molar-refractivity contribution in [1.82, 2.24) is 4.90 Å². The number of fused-ring (bicyclic) bond motifs is 1. The van der Waals surface area contributed by atoms with Crippen molar-refractivity contribution in [3.05, 3.63) is 23.8 Å². The second-order valence-electron chi connectivity index (χ2n) is 6.10. The van der Waals surface area contributed by atoms with Crippen LogP contribution in [0.25, 0.3) is 0 Å². The monoisotopic (exact) mass is 318 g/mol. The topological polar surface area (TPSA) is 78.9 Å². The summed E-state index contributed by atoms with van der Waals surface area (Å²) < 4.78 is 5.47. The number of aliphatic carboxylic acids is 1. The van der Waals surface area contributed by atoms with Gasteiger partial charge in [0, 0.05) is 18.7 Å². The third kappa shape index (κ3) is 3.82. The fourth-order valence-electron chi connectivity index (χ4n) is 3.28. The third-order valence-corrected chi connectivity index (χ3v) is 4.49. The molecule has 1 amide bonds. The SMILES string of the molecule is O=C(O)CCN1CCCCC1C(=O)Nc1ccc2c(c1)CCO2.